The summed E-state index contributed by atoms with van der Waals surface area (Å²) in [7, 11) is 0. The second-order valence-corrected chi connectivity index (χ2v) is 0. The molecule has 0 spiro atoms. The third-order valence-electron chi connectivity index (χ3n) is 0. The molecule has 0 aromatic heterocycles. The zero-order valence-electron chi connectivity index (χ0n) is 2.43. The molecule has 5 heteroatoms. The maximum atomic E-state index is 0. The van der Waals surface area contributed by atoms with Crippen molar-refractivity contribution in [2.75, 3.05) is 0 Å². The van der Waals surface area contributed by atoms with Crippen LogP contribution >= 0.6 is 0 Å². The smallest absolute Gasteiger partial charge is 2.00 e. The molecular formula is BaO3Ti. The van der Waals surface area contributed by atoms with E-state index in [9.17, 15) is 0 Å². The second kappa shape index (κ2) is 35.1. The summed E-state index contributed by atoms with van der Waals surface area (Å²) in [5.41, 5.74) is 0. The Hall–Kier alpha value is 2.17. The predicted molar refractivity (Wildman–Crippen MR) is 7.81 cm³/mol. The third-order valence-corrected chi connectivity index (χ3v) is 0. The van der Waals surface area contributed by atoms with Gasteiger partial charge in [0.25, 0.3) is 0 Å². The van der Waals surface area contributed by atoms with Crippen LogP contribution in [-0.4, -0.2) is 48.9 Å². The van der Waals surface area contributed by atoms with Crippen molar-refractivity contribution in [1.29, 1.82) is 0 Å². The van der Waals surface area contributed by atoms with Gasteiger partial charge in [-0.25, -0.2) is 0 Å². The molecule has 0 aliphatic heterocycles. The molecule has 0 aliphatic rings. The Kier molecular flexibility index (Phi) is 407. The monoisotopic (exact) mass is 234 g/mol. The molecule has 0 bridgehead atoms. The standard InChI is InChI=1S/Ba.3O.Ti/q+2;3*-2;+4. The summed E-state index contributed by atoms with van der Waals surface area (Å²) in [6.45, 7) is 0. The van der Waals surface area contributed by atoms with Crippen molar-refractivity contribution in [3.63, 3.8) is 0 Å². The van der Waals surface area contributed by atoms with Crippen molar-refractivity contribution in [2.24, 2.45) is 0 Å². The minimum atomic E-state index is 0. The molecule has 3 nitrogen and oxygen atoms in total. The van der Waals surface area contributed by atoms with E-state index in [0.717, 1.165) is 0 Å². The Bertz CT molecular complexity index is 6.85. The molecule has 0 rings (SSSR count). The molecule has 0 atom stereocenters. The minimum Gasteiger partial charge on any atom is -2.00 e. The van der Waals surface area contributed by atoms with Crippen LogP contribution in [0.25, 0.3) is 0 Å². The first kappa shape index (κ1) is 58.1. The summed E-state index contributed by atoms with van der Waals surface area (Å²) in [6, 6.07) is 0. The van der Waals surface area contributed by atoms with E-state index in [-0.39, 0.29) is 87.0 Å². The molecule has 5 heavy (non-hydrogen) atoms. The van der Waals surface area contributed by atoms with Crippen molar-refractivity contribution >= 4 is 48.9 Å². The van der Waals surface area contributed by atoms with Crippen LogP contribution in [0.4, 0.5) is 0 Å². The van der Waals surface area contributed by atoms with E-state index in [1.807, 2.05) is 0 Å². The fourth-order valence-electron chi connectivity index (χ4n) is 0. The van der Waals surface area contributed by atoms with Gasteiger partial charge in [0.15, 0.2) is 0 Å². The Labute approximate surface area is 85.4 Å². The molecule has 0 aliphatic carbocycles. The summed E-state index contributed by atoms with van der Waals surface area (Å²) in [5.74, 6) is 0. The summed E-state index contributed by atoms with van der Waals surface area (Å²) in [4.78, 5) is 0. The predicted octanol–water partition coefficient (Wildman–Crippen LogP) is -0.740. The maximum absolute atomic E-state index is 0. The van der Waals surface area contributed by atoms with Gasteiger partial charge in [-0.15, -0.1) is 0 Å². The molecule has 0 radical (unpaired) electrons. The second-order valence-electron chi connectivity index (χ2n) is 0. The average Bonchev–Trinajstić information content (AvgIpc) is 0. The van der Waals surface area contributed by atoms with Crippen LogP contribution in [0.15, 0.2) is 0 Å². The molecule has 0 N–H and O–H groups in total. The molecular weight excluding hydrogens is 233 g/mol. The summed E-state index contributed by atoms with van der Waals surface area (Å²) in [5, 5.41) is 0. The van der Waals surface area contributed by atoms with Crippen LogP contribution in [0.5, 0.6) is 0 Å². The average molecular weight is 233 g/mol. The van der Waals surface area contributed by atoms with Gasteiger partial charge in [-0.1, -0.05) is 0 Å². The van der Waals surface area contributed by atoms with Crippen molar-refractivity contribution in [2.45, 2.75) is 0 Å². The van der Waals surface area contributed by atoms with Gasteiger partial charge in [0.1, 0.15) is 0 Å². The van der Waals surface area contributed by atoms with Crippen LogP contribution < -0.4 is 0 Å². The Morgan fingerprint density at radius 3 is 0.600 bits per heavy atom. The quantitative estimate of drug-likeness (QED) is 0.493. The minimum absolute atomic E-state index is 0. The third kappa shape index (κ3) is 22.8. The van der Waals surface area contributed by atoms with Gasteiger partial charge in [0.05, 0.1) is 0 Å². The summed E-state index contributed by atoms with van der Waals surface area (Å²) in [6.07, 6.45) is 0. The Morgan fingerprint density at radius 2 is 0.600 bits per heavy atom. The Balaban J connectivity index is 0. The molecule has 0 fully saturated rings. The van der Waals surface area contributed by atoms with Crippen molar-refractivity contribution in [1.82, 2.24) is 0 Å². The van der Waals surface area contributed by atoms with Crippen LogP contribution in [-0.2, 0) is 38.1 Å². The van der Waals surface area contributed by atoms with Crippen LogP contribution in [0.2, 0.25) is 0 Å². The summed E-state index contributed by atoms with van der Waals surface area (Å²) >= 11 is 0. The van der Waals surface area contributed by atoms with Gasteiger partial charge in [-0.05, 0) is 0 Å². The Morgan fingerprint density at radius 1 is 0.600 bits per heavy atom. The van der Waals surface area contributed by atoms with E-state index in [0.29, 0.717) is 0 Å². The zero-order valence-corrected chi connectivity index (χ0v) is 8.43. The molecule has 0 amide bonds. The summed E-state index contributed by atoms with van der Waals surface area (Å²) < 4.78 is 0. The van der Waals surface area contributed by atoms with Crippen molar-refractivity contribution < 1.29 is 38.1 Å². The molecule has 24 valence electrons. The van der Waals surface area contributed by atoms with Gasteiger partial charge in [-0.2, -0.15) is 0 Å². The molecule has 0 saturated heterocycles. The fraction of sp³-hybridized carbons (Fsp3) is 0. The van der Waals surface area contributed by atoms with E-state index in [1.54, 1.807) is 0 Å². The van der Waals surface area contributed by atoms with Crippen molar-refractivity contribution in [3.05, 3.63) is 0 Å². The van der Waals surface area contributed by atoms with Crippen LogP contribution in [0.1, 0.15) is 0 Å². The van der Waals surface area contributed by atoms with E-state index in [2.05, 4.69) is 0 Å². The van der Waals surface area contributed by atoms with Crippen LogP contribution in [0.3, 0.4) is 0 Å². The molecule has 0 saturated carbocycles. The number of hydrogen-bond donors (Lipinski definition) is 0. The first-order valence-electron chi connectivity index (χ1n) is 0. The molecule has 0 aromatic carbocycles. The van der Waals surface area contributed by atoms with E-state index >= 15 is 0 Å². The molecule has 0 unspecified atom stereocenters. The molecule has 0 heterocycles. The van der Waals surface area contributed by atoms with E-state index in [4.69, 9.17) is 0 Å². The SMILES string of the molecule is [Ba+2].[O-2].[O-2].[O-2].[Ti+4]. The maximum Gasteiger partial charge on any atom is 4.00 e. The topological polar surface area (TPSA) is 85.5 Å². The molecule has 0 aromatic rings. The van der Waals surface area contributed by atoms with Gasteiger partial charge in [0, 0.05) is 0 Å². The zero-order chi connectivity index (χ0) is 0. The van der Waals surface area contributed by atoms with Gasteiger partial charge < -0.3 is 16.4 Å². The fourth-order valence-corrected chi connectivity index (χ4v) is 0. The van der Waals surface area contributed by atoms with Gasteiger partial charge in [-0.3, -0.25) is 0 Å². The van der Waals surface area contributed by atoms with Gasteiger partial charge in [0.2, 0.25) is 0 Å². The number of hydrogen-bond acceptors (Lipinski definition) is 0. The van der Waals surface area contributed by atoms with E-state index in [1.165, 1.54) is 0 Å². The van der Waals surface area contributed by atoms with Crippen LogP contribution in [0, 0.1) is 0 Å². The van der Waals surface area contributed by atoms with E-state index < -0.39 is 0 Å². The largest absolute Gasteiger partial charge is 4.00 e. The van der Waals surface area contributed by atoms with Crippen molar-refractivity contribution in [3.8, 4) is 0 Å². The first-order chi connectivity index (χ1) is 0. The number of rotatable bonds is 0. The van der Waals surface area contributed by atoms with Gasteiger partial charge >= 0.3 is 70.6 Å². The first-order valence-corrected chi connectivity index (χ1v) is 0. The normalized spacial score (nSPS) is 0.